The van der Waals surface area contributed by atoms with Crippen LogP contribution in [0.15, 0.2) is 97.1 Å². The summed E-state index contributed by atoms with van der Waals surface area (Å²) in [6.45, 7) is 1.98. The quantitative estimate of drug-likeness (QED) is 0.538. The molecule has 3 aromatic carbocycles. The van der Waals surface area contributed by atoms with Gasteiger partial charge in [-0.25, -0.2) is 4.68 Å². The molecule has 1 unspecified atom stereocenters. The van der Waals surface area contributed by atoms with Crippen molar-refractivity contribution in [2.45, 2.75) is 13.0 Å². The first-order chi connectivity index (χ1) is 13.7. The molecule has 0 aliphatic heterocycles. The van der Waals surface area contributed by atoms with Crippen molar-refractivity contribution < 1.29 is 4.79 Å². The van der Waals surface area contributed by atoms with Gasteiger partial charge in [-0.1, -0.05) is 78.9 Å². The van der Waals surface area contributed by atoms with Crippen molar-refractivity contribution in [1.82, 2.24) is 15.1 Å². The fourth-order valence-corrected chi connectivity index (χ4v) is 3.15. The lowest BCUT2D eigenvalue weighted by atomic mass is 10.1. The van der Waals surface area contributed by atoms with Crippen molar-refractivity contribution in [2.24, 2.45) is 0 Å². The van der Waals surface area contributed by atoms with Crippen LogP contribution in [0.3, 0.4) is 0 Å². The summed E-state index contributed by atoms with van der Waals surface area (Å²) in [5.74, 6) is -0.158. The minimum absolute atomic E-state index is 0.104. The Balaban J connectivity index is 1.70. The van der Waals surface area contributed by atoms with Crippen LogP contribution in [-0.2, 0) is 0 Å². The minimum Gasteiger partial charge on any atom is -0.344 e. The smallest absolute Gasteiger partial charge is 0.270 e. The van der Waals surface area contributed by atoms with Crippen molar-refractivity contribution in [3.63, 3.8) is 0 Å². The van der Waals surface area contributed by atoms with E-state index in [2.05, 4.69) is 5.32 Å². The van der Waals surface area contributed by atoms with Crippen LogP contribution in [0.5, 0.6) is 0 Å². The van der Waals surface area contributed by atoms with Crippen LogP contribution in [0.4, 0.5) is 0 Å². The van der Waals surface area contributed by atoms with E-state index in [-0.39, 0.29) is 11.9 Å². The third-order valence-electron chi connectivity index (χ3n) is 4.66. The zero-order valence-corrected chi connectivity index (χ0v) is 15.6. The molecule has 1 atom stereocenters. The number of rotatable bonds is 5. The van der Waals surface area contributed by atoms with Gasteiger partial charge in [0.25, 0.3) is 5.91 Å². The van der Waals surface area contributed by atoms with Gasteiger partial charge in [0.2, 0.25) is 0 Å². The van der Waals surface area contributed by atoms with Gasteiger partial charge in [-0.05, 0) is 30.7 Å². The number of aromatic nitrogens is 2. The second-order valence-corrected chi connectivity index (χ2v) is 6.63. The van der Waals surface area contributed by atoms with Crippen LogP contribution >= 0.6 is 0 Å². The predicted molar refractivity (Wildman–Crippen MR) is 111 cm³/mol. The van der Waals surface area contributed by atoms with E-state index in [1.807, 2.05) is 104 Å². The van der Waals surface area contributed by atoms with Gasteiger partial charge in [-0.15, -0.1) is 0 Å². The fraction of sp³-hybridized carbons (Fsp3) is 0.0833. The predicted octanol–water partition coefficient (Wildman–Crippen LogP) is 5.03. The van der Waals surface area contributed by atoms with E-state index in [9.17, 15) is 4.79 Å². The van der Waals surface area contributed by atoms with Crippen LogP contribution in [-0.4, -0.2) is 15.7 Å². The Bertz CT molecular complexity index is 1060. The number of amides is 1. The van der Waals surface area contributed by atoms with E-state index >= 15 is 0 Å². The highest BCUT2D eigenvalue weighted by Gasteiger charge is 2.19. The summed E-state index contributed by atoms with van der Waals surface area (Å²) in [5, 5.41) is 7.80. The Morgan fingerprint density at radius 2 is 1.43 bits per heavy atom. The molecule has 1 heterocycles. The van der Waals surface area contributed by atoms with Crippen LogP contribution in [0, 0.1) is 0 Å². The average Bonchev–Trinajstić information content (AvgIpc) is 3.21. The summed E-state index contributed by atoms with van der Waals surface area (Å²) in [7, 11) is 0. The number of nitrogens with zero attached hydrogens (tertiary/aromatic N) is 2. The summed E-state index contributed by atoms with van der Waals surface area (Å²) in [6, 6.07) is 31.3. The number of para-hydroxylation sites is 1. The van der Waals surface area contributed by atoms with E-state index in [1.165, 1.54) is 0 Å². The number of carbonyl (C=O) groups excluding carboxylic acids is 1. The molecular formula is C24H21N3O. The number of nitrogens with one attached hydrogen (secondary N) is 1. The van der Waals surface area contributed by atoms with Crippen molar-refractivity contribution in [1.29, 1.82) is 0 Å². The average molecular weight is 367 g/mol. The Kier molecular flexibility index (Phi) is 5.02. The molecule has 1 aromatic heterocycles. The first-order valence-electron chi connectivity index (χ1n) is 9.29. The Labute approximate surface area is 164 Å². The summed E-state index contributed by atoms with van der Waals surface area (Å²) in [6.07, 6.45) is 0. The lowest BCUT2D eigenvalue weighted by Gasteiger charge is -2.15. The minimum atomic E-state index is -0.158. The van der Waals surface area contributed by atoms with E-state index in [4.69, 9.17) is 5.10 Å². The molecule has 4 nitrogen and oxygen atoms in total. The number of carbonyl (C=O) groups is 1. The molecule has 1 amide bonds. The van der Waals surface area contributed by atoms with Crippen molar-refractivity contribution in [2.75, 3.05) is 0 Å². The number of benzene rings is 3. The van der Waals surface area contributed by atoms with Crippen molar-refractivity contribution >= 4 is 5.91 Å². The first-order valence-corrected chi connectivity index (χ1v) is 9.29. The third kappa shape index (κ3) is 3.71. The second-order valence-electron chi connectivity index (χ2n) is 6.63. The lowest BCUT2D eigenvalue weighted by Crippen LogP contribution is -2.28. The molecule has 4 heteroatoms. The molecule has 0 saturated heterocycles. The SMILES string of the molecule is CC(NC(=O)c1cc(-c2ccccc2)nn1-c1ccccc1)c1ccccc1. The maximum atomic E-state index is 13.1. The van der Waals surface area contributed by atoms with E-state index in [0.29, 0.717) is 5.69 Å². The van der Waals surface area contributed by atoms with Gasteiger partial charge in [-0.2, -0.15) is 5.10 Å². The van der Waals surface area contributed by atoms with Gasteiger partial charge in [0.1, 0.15) is 5.69 Å². The number of hydrogen-bond acceptors (Lipinski definition) is 2. The Morgan fingerprint density at radius 3 is 2.07 bits per heavy atom. The van der Waals surface area contributed by atoms with Gasteiger partial charge in [0, 0.05) is 5.56 Å². The van der Waals surface area contributed by atoms with Gasteiger partial charge < -0.3 is 5.32 Å². The summed E-state index contributed by atoms with van der Waals surface area (Å²) >= 11 is 0. The normalized spacial score (nSPS) is 11.8. The second kappa shape index (κ2) is 7.92. The molecule has 0 saturated carbocycles. The zero-order chi connectivity index (χ0) is 19.3. The maximum Gasteiger partial charge on any atom is 0.270 e. The molecule has 0 fully saturated rings. The lowest BCUT2D eigenvalue weighted by molar-refractivity contribution is 0.0932. The standard InChI is InChI=1S/C24H21N3O/c1-18(19-11-5-2-6-12-19)25-24(28)23-17-22(20-13-7-3-8-14-20)26-27(23)21-15-9-4-10-16-21/h2-18H,1H3,(H,25,28). The van der Waals surface area contributed by atoms with Gasteiger partial charge in [-0.3, -0.25) is 4.79 Å². The van der Waals surface area contributed by atoms with Gasteiger partial charge >= 0.3 is 0 Å². The third-order valence-corrected chi connectivity index (χ3v) is 4.66. The number of hydrogen-bond donors (Lipinski definition) is 1. The van der Waals surface area contributed by atoms with Gasteiger partial charge in [0.15, 0.2) is 0 Å². The topological polar surface area (TPSA) is 46.9 Å². The van der Waals surface area contributed by atoms with E-state index in [0.717, 1.165) is 22.5 Å². The monoisotopic (exact) mass is 367 g/mol. The zero-order valence-electron chi connectivity index (χ0n) is 15.6. The molecule has 0 spiro atoms. The highest BCUT2D eigenvalue weighted by molar-refractivity contribution is 5.94. The van der Waals surface area contributed by atoms with Crippen LogP contribution in [0.2, 0.25) is 0 Å². The molecule has 138 valence electrons. The molecule has 28 heavy (non-hydrogen) atoms. The maximum absolute atomic E-state index is 13.1. The van der Waals surface area contributed by atoms with E-state index < -0.39 is 0 Å². The molecule has 4 aromatic rings. The van der Waals surface area contributed by atoms with E-state index in [1.54, 1.807) is 4.68 Å². The van der Waals surface area contributed by atoms with Crippen LogP contribution < -0.4 is 5.32 Å². The Hall–Kier alpha value is -3.66. The van der Waals surface area contributed by atoms with Crippen LogP contribution in [0.1, 0.15) is 29.0 Å². The molecule has 4 rings (SSSR count). The van der Waals surface area contributed by atoms with Crippen LogP contribution in [0.25, 0.3) is 16.9 Å². The highest BCUT2D eigenvalue weighted by Crippen LogP contribution is 2.22. The largest absolute Gasteiger partial charge is 0.344 e. The van der Waals surface area contributed by atoms with Crippen molar-refractivity contribution in [3.8, 4) is 16.9 Å². The Morgan fingerprint density at radius 1 is 0.857 bits per heavy atom. The summed E-state index contributed by atoms with van der Waals surface area (Å²) in [4.78, 5) is 13.1. The molecule has 0 aliphatic rings. The highest BCUT2D eigenvalue weighted by atomic mass is 16.2. The van der Waals surface area contributed by atoms with Crippen molar-refractivity contribution in [3.05, 3.63) is 108 Å². The molecule has 0 aliphatic carbocycles. The molecule has 0 bridgehead atoms. The summed E-state index contributed by atoms with van der Waals surface area (Å²) in [5.41, 5.74) is 4.16. The first kappa shape index (κ1) is 17.7. The molecule has 1 N–H and O–H groups in total. The molecule has 0 radical (unpaired) electrons. The molecular weight excluding hydrogens is 346 g/mol. The summed E-state index contributed by atoms with van der Waals surface area (Å²) < 4.78 is 1.70. The fourth-order valence-electron chi connectivity index (χ4n) is 3.15. The van der Waals surface area contributed by atoms with Gasteiger partial charge in [0.05, 0.1) is 17.4 Å².